The lowest BCUT2D eigenvalue weighted by Gasteiger charge is -2.39. The van der Waals surface area contributed by atoms with Gasteiger partial charge < -0.3 is 25.8 Å². The molecule has 264 valence electrons. The van der Waals surface area contributed by atoms with Crippen molar-refractivity contribution in [2.45, 2.75) is 90.3 Å². The number of aromatic nitrogens is 4. The SMILES string of the molecule is C[C@@H]1CN(c2ncc(-c3ccc4c(n3)N(Cc3cccnc3C#N)C(C)(C)C4=O)cn2)CCN1C(=O)CNC(=O)CCCCCCCCCN. The lowest BCUT2D eigenvalue weighted by molar-refractivity contribution is -0.134. The molecule has 13 nitrogen and oxygen atoms in total. The van der Waals surface area contributed by atoms with Gasteiger partial charge in [0.2, 0.25) is 17.8 Å². The zero-order valence-corrected chi connectivity index (χ0v) is 29.4. The number of unbranched alkanes of at least 4 members (excludes halogenated alkanes) is 6. The van der Waals surface area contributed by atoms with Crippen molar-refractivity contribution in [3.63, 3.8) is 0 Å². The molecular formula is C37H48N10O3. The highest BCUT2D eigenvalue weighted by Crippen LogP contribution is 2.39. The normalized spacial score (nSPS) is 16.7. The fourth-order valence-corrected chi connectivity index (χ4v) is 6.62. The molecule has 1 saturated heterocycles. The average molecular weight is 681 g/mol. The highest BCUT2D eigenvalue weighted by Gasteiger charge is 2.45. The Morgan fingerprint density at radius 1 is 1.02 bits per heavy atom. The van der Waals surface area contributed by atoms with Gasteiger partial charge in [-0.3, -0.25) is 14.4 Å². The number of anilines is 2. The summed E-state index contributed by atoms with van der Waals surface area (Å²) in [6.07, 6.45) is 13.0. The van der Waals surface area contributed by atoms with E-state index in [1.807, 2.05) is 36.6 Å². The molecule has 1 atom stereocenters. The van der Waals surface area contributed by atoms with E-state index in [9.17, 15) is 19.6 Å². The van der Waals surface area contributed by atoms with E-state index in [2.05, 4.69) is 26.3 Å². The van der Waals surface area contributed by atoms with Crippen LogP contribution in [0.15, 0.2) is 42.9 Å². The van der Waals surface area contributed by atoms with Gasteiger partial charge in [0.05, 0.1) is 23.3 Å². The highest BCUT2D eigenvalue weighted by atomic mass is 16.2. The standard InChI is InChI=1S/C37H48N10O3/c1-26-24-45(18-19-46(26)33(49)23-41-32(48)13-9-7-5-4-6-8-10-16-38)36-42-21-28(22-43-36)30-15-14-29-34(50)37(2,3)47(35(29)44-30)25-27-12-11-17-40-31(27)20-39/h11-12,14-15,17,21-22,26H,4-10,13,16,18-19,23-25,38H2,1-3H3,(H,41,48)/t26-/m1/s1. The molecule has 1 fully saturated rings. The first-order valence-corrected chi connectivity index (χ1v) is 17.6. The van der Waals surface area contributed by atoms with Crippen LogP contribution >= 0.6 is 0 Å². The second kappa shape index (κ2) is 16.6. The summed E-state index contributed by atoms with van der Waals surface area (Å²) in [6.45, 7) is 8.40. The Morgan fingerprint density at radius 3 is 2.44 bits per heavy atom. The lowest BCUT2D eigenvalue weighted by atomic mass is 9.97. The Labute approximate surface area is 294 Å². The van der Waals surface area contributed by atoms with Crippen molar-refractivity contribution in [3.05, 3.63) is 59.7 Å². The molecule has 0 spiro atoms. The first-order valence-electron chi connectivity index (χ1n) is 17.6. The van der Waals surface area contributed by atoms with Gasteiger partial charge >= 0.3 is 0 Å². The van der Waals surface area contributed by atoms with E-state index in [1.165, 1.54) is 19.3 Å². The highest BCUT2D eigenvalue weighted by molar-refractivity contribution is 6.12. The van der Waals surface area contributed by atoms with Crippen LogP contribution in [-0.2, 0) is 16.1 Å². The fourth-order valence-electron chi connectivity index (χ4n) is 6.62. The molecule has 0 saturated carbocycles. The molecule has 2 amide bonds. The van der Waals surface area contributed by atoms with Gasteiger partial charge in [-0.15, -0.1) is 0 Å². The van der Waals surface area contributed by atoms with Crippen LogP contribution in [0, 0.1) is 11.3 Å². The van der Waals surface area contributed by atoms with Gasteiger partial charge in [0.15, 0.2) is 5.78 Å². The van der Waals surface area contributed by atoms with Gasteiger partial charge in [0, 0.05) is 68.4 Å². The molecule has 3 aromatic rings. The summed E-state index contributed by atoms with van der Waals surface area (Å²) < 4.78 is 0. The van der Waals surface area contributed by atoms with Gasteiger partial charge in [0.25, 0.3) is 0 Å². The predicted molar refractivity (Wildman–Crippen MR) is 191 cm³/mol. The third-order valence-electron chi connectivity index (χ3n) is 9.64. The first kappa shape index (κ1) is 36.3. The third-order valence-corrected chi connectivity index (χ3v) is 9.64. The van der Waals surface area contributed by atoms with E-state index in [-0.39, 0.29) is 30.2 Å². The van der Waals surface area contributed by atoms with E-state index in [0.29, 0.717) is 66.9 Å². The number of hydrogen-bond donors (Lipinski definition) is 2. The minimum absolute atomic E-state index is 0.00314. The maximum absolute atomic E-state index is 13.4. The summed E-state index contributed by atoms with van der Waals surface area (Å²) in [6, 6.07) is 9.26. The summed E-state index contributed by atoms with van der Waals surface area (Å²) in [4.78, 5) is 62.7. The van der Waals surface area contributed by atoms with Gasteiger partial charge in [-0.1, -0.05) is 38.2 Å². The van der Waals surface area contributed by atoms with Crippen molar-refractivity contribution in [1.82, 2.24) is 30.2 Å². The van der Waals surface area contributed by atoms with E-state index in [4.69, 9.17) is 10.7 Å². The van der Waals surface area contributed by atoms with E-state index >= 15 is 0 Å². The number of piperazine rings is 1. The van der Waals surface area contributed by atoms with Gasteiger partial charge in [-0.2, -0.15) is 5.26 Å². The average Bonchev–Trinajstić information content (AvgIpc) is 3.31. The topological polar surface area (TPSA) is 174 Å². The Hall–Kier alpha value is -4.96. The number of hydrogen-bond acceptors (Lipinski definition) is 11. The molecule has 0 aliphatic carbocycles. The number of Topliss-reactive ketones (excluding diaryl/α,β-unsaturated/α-hetero) is 1. The summed E-state index contributed by atoms with van der Waals surface area (Å²) >= 11 is 0. The molecule has 0 aromatic carbocycles. The summed E-state index contributed by atoms with van der Waals surface area (Å²) in [7, 11) is 0. The summed E-state index contributed by atoms with van der Waals surface area (Å²) in [5, 5.41) is 12.4. The minimum atomic E-state index is -0.854. The number of nitriles is 1. The molecule has 2 aliphatic heterocycles. The zero-order chi connectivity index (χ0) is 35.7. The van der Waals surface area contributed by atoms with E-state index < -0.39 is 5.54 Å². The molecule has 0 unspecified atom stereocenters. The van der Waals surface area contributed by atoms with Crippen molar-refractivity contribution >= 4 is 29.4 Å². The molecule has 3 N–H and O–H groups in total. The predicted octanol–water partition coefficient (Wildman–Crippen LogP) is 4.02. The number of carbonyl (C=O) groups excluding carboxylic acids is 3. The number of rotatable bonds is 15. The molecule has 50 heavy (non-hydrogen) atoms. The molecule has 13 heteroatoms. The number of nitrogens with two attached hydrogens (primary N) is 1. The van der Waals surface area contributed by atoms with Gasteiger partial charge in [-0.25, -0.2) is 19.9 Å². The largest absolute Gasteiger partial charge is 0.347 e. The number of nitrogens with one attached hydrogen (secondary N) is 1. The summed E-state index contributed by atoms with van der Waals surface area (Å²) in [5.74, 6) is 0.895. The number of amides is 2. The minimum Gasteiger partial charge on any atom is -0.347 e. The second-order valence-electron chi connectivity index (χ2n) is 13.6. The molecule has 5 rings (SSSR count). The van der Waals surface area contributed by atoms with Crippen molar-refractivity contribution in [2.75, 3.05) is 42.5 Å². The molecule has 0 bridgehead atoms. The Morgan fingerprint density at radius 2 is 1.74 bits per heavy atom. The third kappa shape index (κ3) is 8.42. The summed E-state index contributed by atoms with van der Waals surface area (Å²) in [5.41, 5.74) is 7.57. The molecule has 3 aromatic heterocycles. The quantitative estimate of drug-likeness (QED) is 0.222. The Bertz CT molecular complexity index is 1700. The van der Waals surface area contributed by atoms with E-state index in [0.717, 1.165) is 37.8 Å². The van der Waals surface area contributed by atoms with Crippen molar-refractivity contribution in [1.29, 1.82) is 5.26 Å². The van der Waals surface area contributed by atoms with Crippen LogP contribution in [0.2, 0.25) is 0 Å². The van der Waals surface area contributed by atoms with Crippen molar-refractivity contribution in [2.24, 2.45) is 5.73 Å². The van der Waals surface area contributed by atoms with Crippen LogP contribution in [0.25, 0.3) is 11.3 Å². The van der Waals surface area contributed by atoms with Gasteiger partial charge in [0.1, 0.15) is 17.6 Å². The second-order valence-corrected chi connectivity index (χ2v) is 13.6. The van der Waals surface area contributed by atoms with Crippen LogP contribution in [-0.4, -0.2) is 86.7 Å². The maximum Gasteiger partial charge on any atom is 0.242 e. The monoisotopic (exact) mass is 680 g/mol. The number of carbonyl (C=O) groups is 3. The van der Waals surface area contributed by atoms with Crippen molar-refractivity contribution < 1.29 is 14.4 Å². The molecule has 2 aliphatic rings. The van der Waals surface area contributed by atoms with Crippen LogP contribution in [0.4, 0.5) is 11.8 Å². The number of pyridine rings is 2. The first-order chi connectivity index (χ1) is 24.1. The fraction of sp³-hybridized carbons (Fsp3) is 0.514. The van der Waals surface area contributed by atoms with Crippen LogP contribution in [0.3, 0.4) is 0 Å². The Kier molecular flexibility index (Phi) is 12.1. The smallest absolute Gasteiger partial charge is 0.242 e. The Balaban J connectivity index is 1.14. The molecule has 0 radical (unpaired) electrons. The van der Waals surface area contributed by atoms with Crippen molar-refractivity contribution in [3.8, 4) is 17.3 Å². The van der Waals surface area contributed by atoms with Gasteiger partial charge in [-0.05, 0) is 58.4 Å². The van der Waals surface area contributed by atoms with Crippen LogP contribution in [0.5, 0.6) is 0 Å². The maximum atomic E-state index is 13.4. The van der Waals surface area contributed by atoms with Crippen LogP contribution < -0.4 is 20.9 Å². The number of nitrogens with zero attached hydrogens (tertiary/aromatic N) is 8. The number of ketones is 1. The van der Waals surface area contributed by atoms with E-state index in [1.54, 1.807) is 41.7 Å². The molecule has 5 heterocycles. The van der Waals surface area contributed by atoms with Crippen LogP contribution in [0.1, 0.15) is 93.8 Å². The molecular weight excluding hydrogens is 632 g/mol. The lowest BCUT2D eigenvalue weighted by Crippen LogP contribution is -2.56. The zero-order valence-electron chi connectivity index (χ0n) is 29.4. The number of fused-ring (bicyclic) bond motifs is 1.